The van der Waals surface area contributed by atoms with Crippen LogP contribution in [-0.2, 0) is 7.05 Å². The first-order valence-electron chi connectivity index (χ1n) is 8.04. The number of nitrogens with zero attached hydrogens (tertiary/aromatic N) is 4. The second-order valence-corrected chi connectivity index (χ2v) is 6.17. The second kappa shape index (κ2) is 7.72. The number of benzene rings is 2. The molecule has 6 nitrogen and oxygen atoms in total. The summed E-state index contributed by atoms with van der Waals surface area (Å²) in [5.41, 5.74) is 2.36. The number of anilines is 3. The molecule has 0 spiro atoms. The van der Waals surface area contributed by atoms with Gasteiger partial charge in [0.2, 0.25) is 5.95 Å². The highest BCUT2D eigenvalue weighted by atomic mass is 35.5. The van der Waals surface area contributed by atoms with Crippen LogP contribution in [0.25, 0.3) is 11.4 Å². The van der Waals surface area contributed by atoms with E-state index in [0.29, 0.717) is 23.3 Å². The van der Waals surface area contributed by atoms with Gasteiger partial charge in [-0.05, 0) is 42.5 Å². The third-order valence-electron chi connectivity index (χ3n) is 4.02. The van der Waals surface area contributed by atoms with Crippen molar-refractivity contribution in [3.63, 3.8) is 0 Å². The Morgan fingerprint density at radius 1 is 1.19 bits per heavy atom. The van der Waals surface area contributed by atoms with Crippen LogP contribution in [-0.4, -0.2) is 40.1 Å². The zero-order valence-corrected chi connectivity index (χ0v) is 15.2. The molecule has 8 heteroatoms. The van der Waals surface area contributed by atoms with Crippen LogP contribution >= 0.6 is 11.6 Å². The van der Waals surface area contributed by atoms with Crippen molar-refractivity contribution >= 4 is 28.9 Å². The monoisotopic (exact) mass is 375 g/mol. The predicted molar refractivity (Wildman–Crippen MR) is 101 cm³/mol. The molecule has 0 fully saturated rings. The lowest BCUT2D eigenvalue weighted by molar-refractivity contribution is 0.311. The van der Waals surface area contributed by atoms with Gasteiger partial charge in [-0.2, -0.15) is 0 Å². The van der Waals surface area contributed by atoms with E-state index in [0.717, 1.165) is 16.9 Å². The molecular formula is C18H19ClFN5O. The minimum atomic E-state index is -0.289. The lowest BCUT2D eigenvalue weighted by atomic mass is 10.2. The summed E-state index contributed by atoms with van der Waals surface area (Å²) >= 11 is 6.40. The molecular weight excluding hydrogens is 357 g/mol. The van der Waals surface area contributed by atoms with E-state index < -0.39 is 0 Å². The number of aliphatic hydroxyl groups excluding tert-OH is 1. The molecule has 0 aliphatic heterocycles. The number of nitrogens with one attached hydrogen (secondary N) is 1. The average Bonchev–Trinajstić information content (AvgIpc) is 3.01. The van der Waals surface area contributed by atoms with Crippen molar-refractivity contribution in [2.75, 3.05) is 30.4 Å². The summed E-state index contributed by atoms with van der Waals surface area (Å²) in [6.07, 6.45) is 0. The van der Waals surface area contributed by atoms with E-state index in [1.165, 1.54) is 12.1 Å². The van der Waals surface area contributed by atoms with E-state index in [4.69, 9.17) is 16.7 Å². The molecule has 3 rings (SSSR count). The van der Waals surface area contributed by atoms with Crippen molar-refractivity contribution in [1.82, 2.24) is 14.8 Å². The number of aromatic nitrogens is 3. The fourth-order valence-electron chi connectivity index (χ4n) is 2.63. The molecule has 2 N–H and O–H groups in total. The largest absolute Gasteiger partial charge is 0.395 e. The van der Waals surface area contributed by atoms with E-state index in [1.807, 2.05) is 35.7 Å². The minimum Gasteiger partial charge on any atom is -0.395 e. The van der Waals surface area contributed by atoms with Crippen LogP contribution in [0.5, 0.6) is 0 Å². The summed E-state index contributed by atoms with van der Waals surface area (Å²) in [4.78, 5) is 1.82. The van der Waals surface area contributed by atoms with Crippen LogP contribution in [0.2, 0.25) is 5.02 Å². The molecule has 1 aromatic heterocycles. The molecule has 0 bridgehead atoms. The minimum absolute atomic E-state index is 0.0434. The normalized spacial score (nSPS) is 10.8. The summed E-state index contributed by atoms with van der Waals surface area (Å²) in [5, 5.41) is 21.0. The van der Waals surface area contributed by atoms with Gasteiger partial charge in [0, 0.05) is 37.6 Å². The molecule has 0 radical (unpaired) electrons. The fourth-order valence-corrected chi connectivity index (χ4v) is 2.90. The van der Waals surface area contributed by atoms with E-state index in [1.54, 1.807) is 18.2 Å². The highest BCUT2D eigenvalue weighted by Gasteiger charge is 2.17. The van der Waals surface area contributed by atoms with Crippen molar-refractivity contribution in [3.05, 3.63) is 53.3 Å². The van der Waals surface area contributed by atoms with Gasteiger partial charge in [-0.25, -0.2) is 4.39 Å². The van der Waals surface area contributed by atoms with Gasteiger partial charge in [0.25, 0.3) is 0 Å². The zero-order chi connectivity index (χ0) is 18.7. The van der Waals surface area contributed by atoms with Crippen molar-refractivity contribution in [3.8, 4) is 11.4 Å². The lowest BCUT2D eigenvalue weighted by Gasteiger charge is -2.18. The van der Waals surface area contributed by atoms with Crippen LogP contribution in [0.1, 0.15) is 0 Å². The first kappa shape index (κ1) is 18.2. The van der Waals surface area contributed by atoms with Crippen molar-refractivity contribution in [2.45, 2.75) is 0 Å². The Morgan fingerprint density at radius 2 is 1.92 bits per heavy atom. The van der Waals surface area contributed by atoms with Crippen LogP contribution in [0.4, 0.5) is 21.7 Å². The maximum Gasteiger partial charge on any atom is 0.231 e. The maximum absolute atomic E-state index is 13.1. The third-order valence-corrected chi connectivity index (χ3v) is 4.33. The molecule has 1 heterocycles. The smallest absolute Gasteiger partial charge is 0.231 e. The highest BCUT2D eigenvalue weighted by molar-refractivity contribution is 6.33. The first-order chi connectivity index (χ1) is 12.5. The van der Waals surface area contributed by atoms with Crippen LogP contribution in [0, 0.1) is 5.82 Å². The number of halogens is 2. The zero-order valence-electron chi connectivity index (χ0n) is 14.4. The number of rotatable bonds is 6. The predicted octanol–water partition coefficient (Wildman–Crippen LogP) is 3.45. The Kier molecular flexibility index (Phi) is 5.39. The first-order valence-corrected chi connectivity index (χ1v) is 8.42. The van der Waals surface area contributed by atoms with Crippen molar-refractivity contribution in [1.29, 1.82) is 0 Å². The molecule has 0 aliphatic rings. The van der Waals surface area contributed by atoms with Gasteiger partial charge in [-0.3, -0.25) is 4.57 Å². The van der Waals surface area contributed by atoms with E-state index in [2.05, 4.69) is 15.5 Å². The van der Waals surface area contributed by atoms with E-state index in [9.17, 15) is 4.39 Å². The molecule has 2 aromatic carbocycles. The quantitative estimate of drug-likeness (QED) is 0.690. The standard InChI is InChI=1S/C18H19ClFN5O/c1-24(14-6-3-12(20)4-7-14)18-23-22-17(25(18)2)15-8-5-13(11-16(15)19)21-9-10-26/h3-8,11,21,26H,9-10H2,1-2H3. The van der Waals surface area contributed by atoms with Gasteiger partial charge in [0.1, 0.15) is 5.82 Å². The van der Waals surface area contributed by atoms with Crippen LogP contribution in [0.15, 0.2) is 42.5 Å². The van der Waals surface area contributed by atoms with Gasteiger partial charge in [0.15, 0.2) is 5.82 Å². The molecule has 0 aliphatic carbocycles. The molecule has 0 saturated heterocycles. The van der Waals surface area contributed by atoms with Gasteiger partial charge in [0.05, 0.1) is 11.6 Å². The van der Waals surface area contributed by atoms with Gasteiger partial charge >= 0.3 is 0 Å². The van der Waals surface area contributed by atoms with Gasteiger partial charge < -0.3 is 15.3 Å². The average molecular weight is 376 g/mol. The van der Waals surface area contributed by atoms with Gasteiger partial charge in [-0.1, -0.05) is 11.6 Å². The SMILES string of the molecule is CN(c1ccc(F)cc1)c1nnc(-c2ccc(NCCO)cc2Cl)n1C. The topological polar surface area (TPSA) is 66.2 Å². The third kappa shape index (κ3) is 3.63. The Labute approximate surface area is 155 Å². The van der Waals surface area contributed by atoms with Crippen LogP contribution < -0.4 is 10.2 Å². The molecule has 0 amide bonds. The molecule has 0 saturated carbocycles. The van der Waals surface area contributed by atoms with E-state index >= 15 is 0 Å². The summed E-state index contributed by atoms with van der Waals surface area (Å²) < 4.78 is 15.0. The molecule has 136 valence electrons. The van der Waals surface area contributed by atoms with Crippen molar-refractivity contribution in [2.24, 2.45) is 7.05 Å². The summed E-state index contributed by atoms with van der Waals surface area (Å²) in [6, 6.07) is 11.7. The maximum atomic E-state index is 13.1. The van der Waals surface area contributed by atoms with Gasteiger partial charge in [-0.15, -0.1) is 10.2 Å². The number of hydrogen-bond donors (Lipinski definition) is 2. The molecule has 0 unspecified atom stereocenters. The molecule has 0 atom stereocenters. The Bertz CT molecular complexity index is 897. The Morgan fingerprint density at radius 3 is 2.58 bits per heavy atom. The highest BCUT2D eigenvalue weighted by Crippen LogP contribution is 2.31. The van der Waals surface area contributed by atoms with Crippen molar-refractivity contribution < 1.29 is 9.50 Å². The molecule has 26 heavy (non-hydrogen) atoms. The summed E-state index contributed by atoms with van der Waals surface area (Å²) in [6.45, 7) is 0.494. The second-order valence-electron chi connectivity index (χ2n) is 5.76. The molecule has 3 aromatic rings. The summed E-state index contributed by atoms with van der Waals surface area (Å²) in [7, 11) is 3.68. The van der Waals surface area contributed by atoms with Crippen LogP contribution in [0.3, 0.4) is 0 Å². The Balaban J connectivity index is 1.90. The summed E-state index contributed by atoms with van der Waals surface area (Å²) in [5.74, 6) is 0.931. The number of aliphatic hydroxyl groups is 1. The van der Waals surface area contributed by atoms with E-state index in [-0.39, 0.29) is 12.4 Å². The number of hydrogen-bond acceptors (Lipinski definition) is 5. The fraction of sp³-hybridized carbons (Fsp3) is 0.222. The lowest BCUT2D eigenvalue weighted by Crippen LogP contribution is -2.14. The Hall–Kier alpha value is -2.64.